The maximum atomic E-state index is 9.36. The van der Waals surface area contributed by atoms with Gasteiger partial charge in [-0.05, 0) is 62.0 Å². The standard InChI is InChI=1S/C22H24N4OS/c1-16-8-10-17(11-9-16)25-13-4-7-19(25)21-20(18-6-2-3-12-23-18)24-22(28)26(21)14-5-15-27/h2-4,6-13,20-21,27H,5,14-15H2,1H3,(H,24,28)/t20-,21-/m1/s1. The molecule has 0 unspecified atom stereocenters. The van der Waals surface area contributed by atoms with Crippen molar-refractivity contribution in [2.75, 3.05) is 13.2 Å². The summed E-state index contributed by atoms with van der Waals surface area (Å²) in [5.41, 5.74) is 4.45. The Labute approximate surface area is 170 Å². The van der Waals surface area contributed by atoms with Gasteiger partial charge in [-0.3, -0.25) is 4.98 Å². The molecule has 0 spiro atoms. The topological polar surface area (TPSA) is 53.3 Å². The van der Waals surface area contributed by atoms with Crippen LogP contribution in [0.15, 0.2) is 67.0 Å². The predicted octanol–water partition coefficient (Wildman–Crippen LogP) is 3.54. The molecule has 0 aliphatic carbocycles. The first-order valence-electron chi connectivity index (χ1n) is 9.52. The molecule has 0 radical (unpaired) electrons. The van der Waals surface area contributed by atoms with E-state index in [0.29, 0.717) is 18.1 Å². The van der Waals surface area contributed by atoms with Crippen LogP contribution in [0.3, 0.4) is 0 Å². The number of hydrogen-bond acceptors (Lipinski definition) is 3. The van der Waals surface area contributed by atoms with E-state index in [1.54, 1.807) is 0 Å². The number of nitrogens with one attached hydrogen (secondary N) is 1. The Balaban J connectivity index is 1.78. The van der Waals surface area contributed by atoms with E-state index in [-0.39, 0.29) is 18.7 Å². The molecule has 0 bridgehead atoms. The molecule has 28 heavy (non-hydrogen) atoms. The molecular formula is C22H24N4OS. The summed E-state index contributed by atoms with van der Waals surface area (Å²) in [5.74, 6) is 0. The number of pyridine rings is 1. The molecule has 1 aliphatic heterocycles. The first-order valence-corrected chi connectivity index (χ1v) is 9.93. The van der Waals surface area contributed by atoms with E-state index < -0.39 is 0 Å². The minimum absolute atomic E-state index is 0.00902. The third-order valence-electron chi connectivity index (χ3n) is 5.15. The molecule has 1 aliphatic rings. The van der Waals surface area contributed by atoms with Crippen LogP contribution in [-0.2, 0) is 0 Å². The van der Waals surface area contributed by atoms with Crippen molar-refractivity contribution in [2.24, 2.45) is 0 Å². The number of aliphatic hydroxyl groups excluding tert-OH is 1. The van der Waals surface area contributed by atoms with Crippen LogP contribution in [0.5, 0.6) is 0 Å². The van der Waals surface area contributed by atoms with Gasteiger partial charge < -0.3 is 19.9 Å². The molecule has 3 aromatic rings. The zero-order valence-electron chi connectivity index (χ0n) is 15.8. The highest BCUT2D eigenvalue weighted by atomic mass is 32.1. The number of benzene rings is 1. The number of aromatic nitrogens is 2. The third kappa shape index (κ3) is 3.53. The van der Waals surface area contributed by atoms with Gasteiger partial charge in [0.1, 0.15) is 0 Å². The highest BCUT2D eigenvalue weighted by Crippen LogP contribution is 2.39. The summed E-state index contributed by atoms with van der Waals surface area (Å²) in [6, 6.07) is 18.6. The Hall–Kier alpha value is -2.70. The summed E-state index contributed by atoms with van der Waals surface area (Å²) in [5, 5.41) is 13.5. The van der Waals surface area contributed by atoms with Gasteiger partial charge in [-0.1, -0.05) is 23.8 Å². The van der Waals surface area contributed by atoms with Gasteiger partial charge in [-0.2, -0.15) is 0 Å². The van der Waals surface area contributed by atoms with Gasteiger partial charge in [0.15, 0.2) is 5.11 Å². The van der Waals surface area contributed by atoms with Crippen LogP contribution in [0.4, 0.5) is 0 Å². The molecule has 3 heterocycles. The summed E-state index contributed by atoms with van der Waals surface area (Å²) in [6.45, 7) is 2.92. The van der Waals surface area contributed by atoms with Gasteiger partial charge in [0.25, 0.3) is 0 Å². The first-order chi connectivity index (χ1) is 13.7. The van der Waals surface area contributed by atoms with E-state index in [2.05, 4.69) is 69.3 Å². The van der Waals surface area contributed by atoms with Gasteiger partial charge in [-0.15, -0.1) is 0 Å². The second-order valence-corrected chi connectivity index (χ2v) is 7.42. The molecule has 2 N–H and O–H groups in total. The molecule has 1 saturated heterocycles. The molecule has 0 amide bonds. The van der Waals surface area contributed by atoms with Crippen LogP contribution in [0.1, 0.15) is 35.5 Å². The van der Waals surface area contributed by atoms with Crippen LogP contribution in [-0.4, -0.2) is 37.8 Å². The van der Waals surface area contributed by atoms with E-state index in [1.165, 1.54) is 5.56 Å². The number of nitrogens with zero attached hydrogens (tertiary/aromatic N) is 3. The lowest BCUT2D eigenvalue weighted by molar-refractivity contribution is 0.245. The third-order valence-corrected chi connectivity index (χ3v) is 5.50. The van der Waals surface area contributed by atoms with Gasteiger partial charge in [0, 0.05) is 36.9 Å². The number of aliphatic hydroxyl groups is 1. The lowest BCUT2D eigenvalue weighted by atomic mass is 10.0. The largest absolute Gasteiger partial charge is 0.396 e. The van der Waals surface area contributed by atoms with Crippen LogP contribution < -0.4 is 5.32 Å². The van der Waals surface area contributed by atoms with Crippen LogP contribution in [0.2, 0.25) is 0 Å². The van der Waals surface area contributed by atoms with E-state index in [1.807, 2.05) is 24.4 Å². The van der Waals surface area contributed by atoms with Crippen molar-refractivity contribution in [2.45, 2.75) is 25.4 Å². The second-order valence-electron chi connectivity index (χ2n) is 7.04. The summed E-state index contributed by atoms with van der Waals surface area (Å²) in [4.78, 5) is 6.75. The summed E-state index contributed by atoms with van der Waals surface area (Å²) >= 11 is 5.66. The number of hydrogen-bond donors (Lipinski definition) is 2. The number of aryl methyl sites for hydroxylation is 1. The van der Waals surface area contributed by atoms with Gasteiger partial charge in [-0.25, -0.2) is 0 Å². The Morgan fingerprint density at radius 3 is 2.64 bits per heavy atom. The Morgan fingerprint density at radius 2 is 1.93 bits per heavy atom. The average molecular weight is 393 g/mol. The molecule has 6 heteroatoms. The summed E-state index contributed by atoms with van der Waals surface area (Å²) in [7, 11) is 0. The van der Waals surface area contributed by atoms with Crippen LogP contribution >= 0.6 is 12.2 Å². The van der Waals surface area contributed by atoms with Crippen molar-refractivity contribution in [1.82, 2.24) is 19.8 Å². The highest BCUT2D eigenvalue weighted by Gasteiger charge is 2.40. The van der Waals surface area contributed by atoms with Crippen LogP contribution in [0.25, 0.3) is 5.69 Å². The van der Waals surface area contributed by atoms with E-state index in [0.717, 1.165) is 17.1 Å². The molecule has 4 rings (SSSR count). The van der Waals surface area contributed by atoms with E-state index >= 15 is 0 Å². The molecule has 2 aromatic heterocycles. The molecule has 0 saturated carbocycles. The van der Waals surface area contributed by atoms with Gasteiger partial charge in [0.2, 0.25) is 0 Å². The fourth-order valence-electron chi connectivity index (χ4n) is 3.78. The van der Waals surface area contributed by atoms with Crippen molar-refractivity contribution in [3.8, 4) is 5.69 Å². The predicted molar refractivity (Wildman–Crippen MR) is 114 cm³/mol. The average Bonchev–Trinajstić information content (AvgIpc) is 3.32. The maximum Gasteiger partial charge on any atom is 0.170 e. The zero-order valence-corrected chi connectivity index (χ0v) is 16.6. The highest BCUT2D eigenvalue weighted by molar-refractivity contribution is 7.80. The SMILES string of the molecule is Cc1ccc(-n2cccc2[C@@H]2[C@@H](c3ccccn3)NC(=S)N2CCCO)cc1. The number of thiocarbonyl (C=S) groups is 1. The lowest BCUT2D eigenvalue weighted by Gasteiger charge is -2.28. The quantitative estimate of drug-likeness (QED) is 0.629. The lowest BCUT2D eigenvalue weighted by Crippen LogP contribution is -2.31. The summed E-state index contributed by atoms with van der Waals surface area (Å²) in [6.07, 6.45) is 4.56. The molecular weight excluding hydrogens is 368 g/mol. The Bertz CT molecular complexity index is 939. The fourth-order valence-corrected chi connectivity index (χ4v) is 4.12. The van der Waals surface area contributed by atoms with E-state index in [4.69, 9.17) is 12.2 Å². The van der Waals surface area contributed by atoms with Crippen molar-refractivity contribution in [3.05, 3.63) is 83.9 Å². The number of rotatable bonds is 6. The Morgan fingerprint density at radius 1 is 1.11 bits per heavy atom. The smallest absolute Gasteiger partial charge is 0.170 e. The zero-order chi connectivity index (χ0) is 19.5. The van der Waals surface area contributed by atoms with Crippen LogP contribution in [0, 0.1) is 6.92 Å². The van der Waals surface area contributed by atoms with E-state index in [9.17, 15) is 5.11 Å². The van der Waals surface area contributed by atoms with Crippen molar-refractivity contribution in [3.63, 3.8) is 0 Å². The minimum atomic E-state index is -0.0495. The Kier molecular flexibility index (Phi) is 5.41. The van der Waals surface area contributed by atoms with Crippen molar-refractivity contribution in [1.29, 1.82) is 0 Å². The molecule has 2 atom stereocenters. The molecule has 1 fully saturated rings. The second kappa shape index (κ2) is 8.12. The monoisotopic (exact) mass is 392 g/mol. The van der Waals surface area contributed by atoms with Crippen molar-refractivity contribution < 1.29 is 5.11 Å². The molecule has 144 valence electrons. The fraction of sp³-hybridized carbons (Fsp3) is 0.273. The first kappa shape index (κ1) is 18.7. The normalized spacial score (nSPS) is 19.1. The van der Waals surface area contributed by atoms with Crippen molar-refractivity contribution >= 4 is 17.3 Å². The molecule has 1 aromatic carbocycles. The summed E-state index contributed by atoms with van der Waals surface area (Å²) < 4.78 is 2.21. The maximum absolute atomic E-state index is 9.36. The minimum Gasteiger partial charge on any atom is -0.396 e. The van der Waals surface area contributed by atoms with Gasteiger partial charge >= 0.3 is 0 Å². The van der Waals surface area contributed by atoms with Gasteiger partial charge in [0.05, 0.1) is 17.8 Å². The molecule has 5 nitrogen and oxygen atoms in total.